The lowest BCUT2D eigenvalue weighted by atomic mass is 10.0. The number of thiophene rings is 1. The predicted octanol–water partition coefficient (Wildman–Crippen LogP) is 4.83. The maximum atomic E-state index is 14.1. The van der Waals surface area contributed by atoms with Crippen molar-refractivity contribution in [3.05, 3.63) is 55.4 Å². The number of halogens is 3. The van der Waals surface area contributed by atoms with Crippen molar-refractivity contribution >= 4 is 38.9 Å². The Hall–Kier alpha value is -0.460. The van der Waals surface area contributed by atoms with E-state index in [-0.39, 0.29) is 11.1 Å². The second-order valence-electron chi connectivity index (χ2n) is 4.46. The van der Waals surface area contributed by atoms with Crippen molar-refractivity contribution in [3.8, 4) is 0 Å². The second-order valence-corrected chi connectivity index (χ2v) is 6.72. The van der Waals surface area contributed by atoms with Gasteiger partial charge in [0, 0.05) is 21.0 Å². The Labute approximate surface area is 135 Å². The Bertz CT molecular complexity index is 563. The highest BCUT2D eigenvalue weighted by Gasteiger charge is 2.18. The third-order valence-corrected chi connectivity index (χ3v) is 5.33. The number of hydrogen-bond acceptors (Lipinski definition) is 3. The van der Waals surface area contributed by atoms with Crippen LogP contribution in [0.25, 0.3) is 0 Å². The molecule has 1 aromatic heterocycles. The standard InChI is InChI=1S/C14H15BrClFN2S/c15-11-7-6-10(14(17)13(11)16)12(19-18)5-1-3-9-4-2-8-20-9/h2,4,6-8,12,19H,1,3,5,18H2. The molecule has 2 nitrogen and oxygen atoms in total. The Morgan fingerprint density at radius 3 is 2.85 bits per heavy atom. The first kappa shape index (κ1) is 15.9. The van der Waals surface area contributed by atoms with Crippen LogP contribution in [0.1, 0.15) is 29.3 Å². The van der Waals surface area contributed by atoms with E-state index in [4.69, 9.17) is 17.4 Å². The number of benzene rings is 1. The Morgan fingerprint density at radius 1 is 1.40 bits per heavy atom. The van der Waals surface area contributed by atoms with Crippen molar-refractivity contribution in [1.82, 2.24) is 5.43 Å². The topological polar surface area (TPSA) is 38.0 Å². The number of nitrogens with one attached hydrogen (secondary N) is 1. The fourth-order valence-corrected chi connectivity index (χ4v) is 3.30. The molecule has 20 heavy (non-hydrogen) atoms. The number of rotatable bonds is 6. The molecule has 0 aliphatic rings. The first-order valence-corrected chi connectivity index (χ1v) is 8.30. The van der Waals surface area contributed by atoms with Gasteiger partial charge in [-0.25, -0.2) is 4.39 Å². The lowest BCUT2D eigenvalue weighted by Crippen LogP contribution is -2.28. The van der Waals surface area contributed by atoms with E-state index in [1.54, 1.807) is 23.5 Å². The van der Waals surface area contributed by atoms with Gasteiger partial charge in [0.15, 0.2) is 0 Å². The highest BCUT2D eigenvalue weighted by Crippen LogP contribution is 2.31. The summed E-state index contributed by atoms with van der Waals surface area (Å²) in [6.45, 7) is 0. The number of aryl methyl sites for hydroxylation is 1. The molecule has 3 N–H and O–H groups in total. The van der Waals surface area contributed by atoms with E-state index < -0.39 is 5.82 Å². The van der Waals surface area contributed by atoms with Crippen LogP contribution in [0.5, 0.6) is 0 Å². The third-order valence-electron chi connectivity index (χ3n) is 3.14. The molecule has 0 aliphatic heterocycles. The van der Waals surface area contributed by atoms with Gasteiger partial charge in [0.05, 0.1) is 5.02 Å². The zero-order valence-electron chi connectivity index (χ0n) is 10.7. The van der Waals surface area contributed by atoms with Crippen LogP contribution in [-0.2, 0) is 6.42 Å². The van der Waals surface area contributed by atoms with Crippen LogP contribution in [0.4, 0.5) is 4.39 Å². The quantitative estimate of drug-likeness (QED) is 0.430. The van der Waals surface area contributed by atoms with Gasteiger partial charge in [0.1, 0.15) is 5.82 Å². The average molecular weight is 378 g/mol. The molecule has 0 spiro atoms. The normalized spacial score (nSPS) is 12.6. The molecule has 1 aromatic carbocycles. The summed E-state index contributed by atoms with van der Waals surface area (Å²) < 4.78 is 14.7. The summed E-state index contributed by atoms with van der Waals surface area (Å²) >= 11 is 10.9. The minimum absolute atomic E-state index is 0.0982. The Kier molecular flexibility index (Phi) is 5.99. The highest BCUT2D eigenvalue weighted by atomic mass is 79.9. The van der Waals surface area contributed by atoms with E-state index in [9.17, 15) is 4.39 Å². The van der Waals surface area contributed by atoms with Gasteiger partial charge in [0.25, 0.3) is 0 Å². The number of hydrazine groups is 1. The summed E-state index contributed by atoms with van der Waals surface area (Å²) in [5.74, 6) is 5.14. The van der Waals surface area contributed by atoms with Gasteiger partial charge in [-0.3, -0.25) is 11.3 Å². The lowest BCUT2D eigenvalue weighted by Gasteiger charge is -2.17. The molecule has 0 saturated carbocycles. The summed E-state index contributed by atoms with van der Waals surface area (Å²) in [6, 6.07) is 7.35. The molecule has 1 unspecified atom stereocenters. The van der Waals surface area contributed by atoms with Gasteiger partial charge >= 0.3 is 0 Å². The molecule has 0 radical (unpaired) electrons. The fourth-order valence-electron chi connectivity index (χ4n) is 2.07. The summed E-state index contributed by atoms with van der Waals surface area (Å²) in [6.07, 6.45) is 2.66. The van der Waals surface area contributed by atoms with Crippen LogP contribution < -0.4 is 11.3 Å². The maximum Gasteiger partial charge on any atom is 0.147 e. The van der Waals surface area contributed by atoms with Crippen LogP contribution >= 0.6 is 38.9 Å². The summed E-state index contributed by atoms with van der Waals surface area (Å²) in [4.78, 5) is 1.33. The molecule has 6 heteroatoms. The summed E-state index contributed by atoms with van der Waals surface area (Å²) in [5.41, 5.74) is 3.18. The van der Waals surface area contributed by atoms with E-state index in [1.807, 2.05) is 6.07 Å². The Balaban J connectivity index is 2.03. The Morgan fingerprint density at radius 2 is 2.20 bits per heavy atom. The van der Waals surface area contributed by atoms with Crippen molar-refractivity contribution < 1.29 is 4.39 Å². The van der Waals surface area contributed by atoms with Gasteiger partial charge in [0.2, 0.25) is 0 Å². The largest absolute Gasteiger partial charge is 0.271 e. The zero-order chi connectivity index (χ0) is 14.5. The molecule has 0 bridgehead atoms. The number of hydrogen-bond donors (Lipinski definition) is 2. The van der Waals surface area contributed by atoms with E-state index >= 15 is 0 Å². The monoisotopic (exact) mass is 376 g/mol. The molecule has 1 atom stereocenters. The average Bonchev–Trinajstić information content (AvgIpc) is 2.95. The van der Waals surface area contributed by atoms with Crippen LogP contribution in [-0.4, -0.2) is 0 Å². The van der Waals surface area contributed by atoms with Crippen molar-refractivity contribution in [1.29, 1.82) is 0 Å². The smallest absolute Gasteiger partial charge is 0.147 e. The lowest BCUT2D eigenvalue weighted by molar-refractivity contribution is 0.473. The van der Waals surface area contributed by atoms with Crippen molar-refractivity contribution in [2.45, 2.75) is 25.3 Å². The first-order valence-electron chi connectivity index (χ1n) is 6.25. The zero-order valence-corrected chi connectivity index (χ0v) is 13.9. The van der Waals surface area contributed by atoms with Gasteiger partial charge in [-0.1, -0.05) is 23.7 Å². The van der Waals surface area contributed by atoms with Gasteiger partial charge in [-0.15, -0.1) is 11.3 Å². The van der Waals surface area contributed by atoms with Crippen LogP contribution in [0, 0.1) is 5.82 Å². The van der Waals surface area contributed by atoms with Gasteiger partial charge < -0.3 is 0 Å². The van der Waals surface area contributed by atoms with Gasteiger partial charge in [-0.05, 0) is 52.7 Å². The summed E-state index contributed by atoms with van der Waals surface area (Å²) in [7, 11) is 0. The molecule has 1 heterocycles. The highest BCUT2D eigenvalue weighted by molar-refractivity contribution is 9.10. The SMILES string of the molecule is NNC(CCCc1cccs1)c1ccc(Br)c(Cl)c1F. The van der Waals surface area contributed by atoms with Gasteiger partial charge in [-0.2, -0.15) is 0 Å². The van der Waals surface area contributed by atoms with E-state index in [0.29, 0.717) is 10.0 Å². The molecular weight excluding hydrogens is 363 g/mol. The molecule has 0 amide bonds. The molecular formula is C14H15BrClFN2S. The molecule has 0 saturated heterocycles. The molecule has 108 valence electrons. The summed E-state index contributed by atoms with van der Waals surface area (Å²) in [5, 5.41) is 2.16. The van der Waals surface area contributed by atoms with Crippen molar-refractivity contribution in [2.24, 2.45) is 5.84 Å². The molecule has 0 aliphatic carbocycles. The van der Waals surface area contributed by atoms with E-state index in [2.05, 4.69) is 32.8 Å². The second kappa shape index (κ2) is 7.52. The maximum absolute atomic E-state index is 14.1. The van der Waals surface area contributed by atoms with Crippen LogP contribution in [0.3, 0.4) is 0 Å². The molecule has 2 rings (SSSR count). The van der Waals surface area contributed by atoms with Crippen molar-refractivity contribution in [3.63, 3.8) is 0 Å². The van der Waals surface area contributed by atoms with Crippen LogP contribution in [0.15, 0.2) is 34.1 Å². The molecule has 2 aromatic rings. The number of nitrogens with two attached hydrogens (primary N) is 1. The predicted molar refractivity (Wildman–Crippen MR) is 86.4 cm³/mol. The first-order chi connectivity index (χ1) is 9.63. The van der Waals surface area contributed by atoms with Crippen LogP contribution in [0.2, 0.25) is 5.02 Å². The third kappa shape index (κ3) is 3.80. The van der Waals surface area contributed by atoms with E-state index in [1.165, 1.54) is 4.88 Å². The molecule has 0 fully saturated rings. The minimum atomic E-state index is -0.417. The fraction of sp³-hybridized carbons (Fsp3) is 0.286. The van der Waals surface area contributed by atoms with E-state index in [0.717, 1.165) is 19.3 Å². The minimum Gasteiger partial charge on any atom is -0.271 e. The van der Waals surface area contributed by atoms with Crippen molar-refractivity contribution in [2.75, 3.05) is 0 Å².